The van der Waals surface area contributed by atoms with Crippen LogP contribution in [-0.2, 0) is 10.8 Å². The van der Waals surface area contributed by atoms with Crippen molar-refractivity contribution in [3.05, 3.63) is 64.7 Å². The molecule has 2 N–H and O–H groups in total. The number of benzene rings is 2. The van der Waals surface area contributed by atoms with E-state index in [4.69, 9.17) is 5.73 Å². The zero-order chi connectivity index (χ0) is 14.7. The van der Waals surface area contributed by atoms with Gasteiger partial charge in [-0.1, -0.05) is 42.0 Å². The zero-order valence-electron chi connectivity index (χ0n) is 12.2. The first-order valence-electron chi connectivity index (χ1n) is 6.76. The first-order valence-corrected chi connectivity index (χ1v) is 8.07. The van der Waals surface area contributed by atoms with Crippen LogP contribution in [0.3, 0.4) is 0 Å². The lowest BCUT2D eigenvalue weighted by Gasteiger charge is -2.15. The minimum atomic E-state index is -1.07. The number of aryl methyl sites for hydroxylation is 3. The molecule has 20 heavy (non-hydrogen) atoms. The third-order valence-electron chi connectivity index (χ3n) is 3.49. The number of hydrogen-bond acceptors (Lipinski definition) is 2. The molecule has 0 aliphatic rings. The topological polar surface area (TPSA) is 43.1 Å². The molecule has 3 heteroatoms. The summed E-state index contributed by atoms with van der Waals surface area (Å²) >= 11 is 0. The van der Waals surface area contributed by atoms with Gasteiger partial charge in [0.15, 0.2) is 0 Å². The zero-order valence-corrected chi connectivity index (χ0v) is 13.0. The van der Waals surface area contributed by atoms with Crippen molar-refractivity contribution >= 4 is 10.8 Å². The molecule has 0 saturated carbocycles. The molecular weight excluding hydrogens is 266 g/mol. The van der Waals surface area contributed by atoms with Crippen LogP contribution in [0.1, 0.15) is 28.3 Å². The second-order valence-electron chi connectivity index (χ2n) is 5.24. The normalized spacial score (nSPS) is 14.0. The summed E-state index contributed by atoms with van der Waals surface area (Å²) in [6.07, 6.45) is 0. The van der Waals surface area contributed by atoms with E-state index in [-0.39, 0.29) is 6.04 Å². The van der Waals surface area contributed by atoms with E-state index in [2.05, 4.69) is 6.07 Å². The molecule has 2 unspecified atom stereocenters. The van der Waals surface area contributed by atoms with Crippen molar-refractivity contribution in [3.8, 4) is 0 Å². The largest absolute Gasteiger partial charge is 0.323 e. The molecule has 0 bridgehead atoms. The Balaban J connectivity index is 2.17. The molecule has 0 radical (unpaired) electrons. The summed E-state index contributed by atoms with van der Waals surface area (Å²) in [4.78, 5) is 0.889. The number of rotatable bonds is 4. The van der Waals surface area contributed by atoms with E-state index in [1.807, 2.05) is 57.2 Å². The standard InChI is InChI=1S/C17H21NOS/c1-12-8-9-17(14(3)10-12)20(19)11-16(18)15-7-5-4-6-13(15)2/h4-10,16H,11,18H2,1-3H3. The van der Waals surface area contributed by atoms with Gasteiger partial charge < -0.3 is 5.73 Å². The van der Waals surface area contributed by atoms with Gasteiger partial charge in [-0.15, -0.1) is 0 Å². The van der Waals surface area contributed by atoms with Crippen molar-refractivity contribution < 1.29 is 4.21 Å². The van der Waals surface area contributed by atoms with Crippen molar-refractivity contribution in [1.82, 2.24) is 0 Å². The summed E-state index contributed by atoms with van der Waals surface area (Å²) in [7, 11) is -1.07. The van der Waals surface area contributed by atoms with Gasteiger partial charge in [-0.05, 0) is 43.5 Å². The minimum Gasteiger partial charge on any atom is -0.323 e. The Bertz CT molecular complexity index is 637. The fourth-order valence-corrected chi connectivity index (χ4v) is 3.72. The molecule has 0 saturated heterocycles. The molecule has 2 rings (SSSR count). The van der Waals surface area contributed by atoms with E-state index >= 15 is 0 Å². The summed E-state index contributed by atoms with van der Waals surface area (Å²) in [6, 6.07) is 13.8. The van der Waals surface area contributed by atoms with Gasteiger partial charge >= 0.3 is 0 Å². The fourth-order valence-electron chi connectivity index (χ4n) is 2.40. The highest BCUT2D eigenvalue weighted by Gasteiger charge is 2.15. The van der Waals surface area contributed by atoms with Gasteiger partial charge in [0, 0.05) is 16.7 Å². The highest BCUT2D eigenvalue weighted by Crippen LogP contribution is 2.21. The lowest BCUT2D eigenvalue weighted by Crippen LogP contribution is -2.19. The molecule has 0 spiro atoms. The molecule has 0 fully saturated rings. The molecule has 0 amide bonds. The Labute approximate surface area is 123 Å². The molecule has 0 heterocycles. The first-order chi connectivity index (χ1) is 9.49. The summed E-state index contributed by atoms with van der Waals surface area (Å²) in [5.41, 5.74) is 10.7. The van der Waals surface area contributed by atoms with Gasteiger partial charge in [0.25, 0.3) is 0 Å². The summed E-state index contributed by atoms with van der Waals surface area (Å²) in [6.45, 7) is 6.08. The molecule has 2 nitrogen and oxygen atoms in total. The van der Waals surface area contributed by atoms with Crippen LogP contribution in [0, 0.1) is 20.8 Å². The van der Waals surface area contributed by atoms with Crippen LogP contribution in [-0.4, -0.2) is 9.96 Å². The maximum atomic E-state index is 12.5. The predicted octanol–water partition coefficient (Wildman–Crippen LogP) is 3.42. The fraction of sp³-hybridized carbons (Fsp3) is 0.294. The van der Waals surface area contributed by atoms with Crippen LogP contribution in [0.4, 0.5) is 0 Å². The quantitative estimate of drug-likeness (QED) is 0.936. The Hall–Kier alpha value is -1.45. The van der Waals surface area contributed by atoms with Crippen molar-refractivity contribution in [3.63, 3.8) is 0 Å². The van der Waals surface area contributed by atoms with Gasteiger partial charge in [-0.3, -0.25) is 4.21 Å². The lowest BCUT2D eigenvalue weighted by atomic mass is 10.0. The first kappa shape index (κ1) is 14.9. The third-order valence-corrected chi connectivity index (χ3v) is 5.11. The second-order valence-corrected chi connectivity index (χ2v) is 6.71. The van der Waals surface area contributed by atoms with Gasteiger partial charge in [0.2, 0.25) is 0 Å². The molecule has 0 aliphatic heterocycles. The molecular formula is C17H21NOS. The highest BCUT2D eigenvalue weighted by molar-refractivity contribution is 7.85. The van der Waals surface area contributed by atoms with Crippen LogP contribution < -0.4 is 5.73 Å². The summed E-state index contributed by atoms with van der Waals surface area (Å²) in [5.74, 6) is 0.453. The molecule has 0 aromatic heterocycles. The predicted molar refractivity (Wildman–Crippen MR) is 85.3 cm³/mol. The van der Waals surface area contributed by atoms with Crippen LogP contribution in [0.5, 0.6) is 0 Å². The molecule has 2 aromatic carbocycles. The van der Waals surface area contributed by atoms with E-state index in [1.54, 1.807) is 0 Å². The van der Waals surface area contributed by atoms with E-state index < -0.39 is 10.8 Å². The van der Waals surface area contributed by atoms with E-state index in [9.17, 15) is 4.21 Å². The van der Waals surface area contributed by atoms with Crippen LogP contribution in [0.25, 0.3) is 0 Å². The van der Waals surface area contributed by atoms with Crippen molar-refractivity contribution in [2.24, 2.45) is 5.73 Å². The maximum absolute atomic E-state index is 12.5. The van der Waals surface area contributed by atoms with E-state index in [0.29, 0.717) is 5.75 Å². The SMILES string of the molecule is Cc1ccc(S(=O)CC(N)c2ccccc2C)c(C)c1. The van der Waals surface area contributed by atoms with Crippen LogP contribution in [0.2, 0.25) is 0 Å². The van der Waals surface area contributed by atoms with Gasteiger partial charge in [-0.2, -0.15) is 0 Å². The maximum Gasteiger partial charge on any atom is 0.0551 e. The Morgan fingerprint density at radius 2 is 1.75 bits per heavy atom. The minimum absolute atomic E-state index is 0.197. The van der Waals surface area contributed by atoms with Crippen molar-refractivity contribution in [2.45, 2.75) is 31.7 Å². The third kappa shape index (κ3) is 3.35. The van der Waals surface area contributed by atoms with Crippen LogP contribution >= 0.6 is 0 Å². The summed E-state index contributed by atoms with van der Waals surface area (Å²) in [5, 5.41) is 0. The average molecular weight is 287 g/mol. The van der Waals surface area contributed by atoms with Crippen molar-refractivity contribution in [1.29, 1.82) is 0 Å². The van der Waals surface area contributed by atoms with Gasteiger partial charge in [0.05, 0.1) is 10.8 Å². The second kappa shape index (κ2) is 6.33. The average Bonchev–Trinajstić information content (AvgIpc) is 2.38. The van der Waals surface area contributed by atoms with E-state index in [0.717, 1.165) is 21.6 Å². The lowest BCUT2D eigenvalue weighted by molar-refractivity contribution is 0.674. The Morgan fingerprint density at radius 3 is 2.40 bits per heavy atom. The van der Waals surface area contributed by atoms with Crippen LogP contribution in [0.15, 0.2) is 47.4 Å². The van der Waals surface area contributed by atoms with E-state index in [1.165, 1.54) is 5.56 Å². The molecule has 0 aliphatic carbocycles. The number of hydrogen-bond donors (Lipinski definition) is 1. The Morgan fingerprint density at radius 1 is 1.05 bits per heavy atom. The number of nitrogens with two attached hydrogens (primary N) is 1. The monoisotopic (exact) mass is 287 g/mol. The van der Waals surface area contributed by atoms with Gasteiger partial charge in [0.1, 0.15) is 0 Å². The smallest absolute Gasteiger partial charge is 0.0551 e. The molecule has 106 valence electrons. The summed E-state index contributed by atoms with van der Waals surface area (Å²) < 4.78 is 12.5. The molecule has 2 atom stereocenters. The van der Waals surface area contributed by atoms with Crippen molar-refractivity contribution in [2.75, 3.05) is 5.75 Å². The Kier molecular flexibility index (Phi) is 4.73. The molecule has 2 aromatic rings. The highest BCUT2D eigenvalue weighted by atomic mass is 32.2. The van der Waals surface area contributed by atoms with Gasteiger partial charge in [-0.25, -0.2) is 0 Å².